The Morgan fingerprint density at radius 3 is 2.05 bits per heavy atom. The number of allylic oxidation sites excluding steroid dienone is 3. The van der Waals surface area contributed by atoms with Crippen molar-refractivity contribution in [2.24, 2.45) is 0 Å². The van der Waals surface area contributed by atoms with Crippen LogP contribution < -0.4 is 0 Å². The molecule has 0 bridgehead atoms. The molecule has 0 amide bonds. The second kappa shape index (κ2) is 9.71. The van der Waals surface area contributed by atoms with Crippen molar-refractivity contribution in [3.8, 4) is 44.5 Å². The van der Waals surface area contributed by atoms with Crippen LogP contribution in [0.1, 0.15) is 43.0 Å². The molecule has 0 fully saturated rings. The van der Waals surface area contributed by atoms with Crippen molar-refractivity contribution in [3.63, 3.8) is 0 Å². The van der Waals surface area contributed by atoms with E-state index in [0.29, 0.717) is 0 Å². The van der Waals surface area contributed by atoms with Gasteiger partial charge in [0.2, 0.25) is 0 Å². The van der Waals surface area contributed by atoms with Crippen LogP contribution in [0.15, 0.2) is 128 Å². The van der Waals surface area contributed by atoms with Gasteiger partial charge in [0.25, 0.3) is 0 Å². The van der Waals surface area contributed by atoms with E-state index < -0.39 is 0 Å². The normalized spacial score (nSPS) is 13.3. The highest BCUT2D eigenvalue weighted by molar-refractivity contribution is 5.94. The number of hydrogen-bond acceptors (Lipinski definition) is 0. The molecule has 6 rings (SSSR count). The zero-order valence-corrected chi connectivity index (χ0v) is 23.3. The lowest BCUT2D eigenvalue weighted by molar-refractivity contribution is 0.662. The minimum absolute atomic E-state index is 0.0885. The molecular weight excluding hydrogens is 468 g/mol. The molecule has 190 valence electrons. The summed E-state index contributed by atoms with van der Waals surface area (Å²) in [6.07, 6.45) is 4.14. The minimum atomic E-state index is -0.0885. The van der Waals surface area contributed by atoms with Gasteiger partial charge >= 0.3 is 0 Å². The van der Waals surface area contributed by atoms with Gasteiger partial charge in [0.1, 0.15) is 0 Å². The molecule has 5 aromatic carbocycles. The molecule has 39 heavy (non-hydrogen) atoms. The van der Waals surface area contributed by atoms with Crippen molar-refractivity contribution < 1.29 is 0 Å². The summed E-state index contributed by atoms with van der Waals surface area (Å²) in [5, 5.41) is 0. The molecule has 0 heteroatoms. The van der Waals surface area contributed by atoms with Gasteiger partial charge in [0.05, 0.1) is 0 Å². The van der Waals surface area contributed by atoms with Crippen LogP contribution in [0.2, 0.25) is 0 Å². The minimum Gasteiger partial charge on any atom is -0.0912 e. The van der Waals surface area contributed by atoms with E-state index >= 15 is 0 Å². The molecule has 1 aliphatic carbocycles. The molecule has 0 radical (unpaired) electrons. The van der Waals surface area contributed by atoms with E-state index in [1.807, 2.05) is 6.92 Å². The fourth-order valence-electron chi connectivity index (χ4n) is 6.32. The summed E-state index contributed by atoms with van der Waals surface area (Å²) in [4.78, 5) is 0. The van der Waals surface area contributed by atoms with Gasteiger partial charge in [-0.05, 0) is 98.3 Å². The summed E-state index contributed by atoms with van der Waals surface area (Å²) in [6, 6.07) is 40.1. The quantitative estimate of drug-likeness (QED) is 0.210. The highest BCUT2D eigenvalue weighted by atomic mass is 14.4. The molecule has 0 N–H and O–H groups in total. The van der Waals surface area contributed by atoms with Gasteiger partial charge in [0.15, 0.2) is 0 Å². The van der Waals surface area contributed by atoms with Crippen molar-refractivity contribution >= 4 is 5.57 Å². The van der Waals surface area contributed by atoms with E-state index in [0.717, 1.165) is 11.1 Å². The molecule has 0 saturated carbocycles. The van der Waals surface area contributed by atoms with Gasteiger partial charge < -0.3 is 0 Å². The average Bonchev–Trinajstić information content (AvgIpc) is 3.20. The van der Waals surface area contributed by atoms with Crippen LogP contribution >= 0.6 is 0 Å². The first kappa shape index (κ1) is 24.9. The van der Waals surface area contributed by atoms with Gasteiger partial charge in [-0.25, -0.2) is 0 Å². The zero-order chi connectivity index (χ0) is 27.1. The van der Waals surface area contributed by atoms with Gasteiger partial charge in [-0.3, -0.25) is 0 Å². The van der Waals surface area contributed by atoms with Gasteiger partial charge in [0, 0.05) is 5.41 Å². The number of fused-ring (bicyclic) bond motifs is 3. The molecule has 0 aromatic heterocycles. The summed E-state index contributed by atoms with van der Waals surface area (Å²) >= 11 is 0. The Hall–Kier alpha value is -4.42. The molecule has 0 spiro atoms. The molecule has 0 nitrogen and oxygen atoms in total. The largest absolute Gasteiger partial charge is 0.0912 e. The maximum absolute atomic E-state index is 4.36. The van der Waals surface area contributed by atoms with E-state index in [-0.39, 0.29) is 5.41 Å². The SMILES string of the molecule is C=C(/C=C\C)c1ccc(-c2cccc3c2C(C)(C)c2ccccc2-3)c(-c2cc(C)cc(-c3ccccc3)c2)c1. The lowest BCUT2D eigenvalue weighted by atomic mass is 9.77. The highest BCUT2D eigenvalue weighted by Gasteiger charge is 2.37. The Bertz CT molecular complexity index is 1750. The number of benzene rings is 5. The van der Waals surface area contributed by atoms with Crippen LogP contribution in [-0.2, 0) is 5.41 Å². The third-order valence-electron chi connectivity index (χ3n) is 8.12. The Morgan fingerprint density at radius 1 is 0.615 bits per heavy atom. The topological polar surface area (TPSA) is 0 Å². The summed E-state index contributed by atoms with van der Waals surface area (Å²) in [5.74, 6) is 0. The van der Waals surface area contributed by atoms with Crippen molar-refractivity contribution in [1.82, 2.24) is 0 Å². The Balaban J connectivity index is 1.62. The lowest BCUT2D eigenvalue weighted by Gasteiger charge is -2.26. The first-order chi connectivity index (χ1) is 18.9. The fourth-order valence-corrected chi connectivity index (χ4v) is 6.32. The van der Waals surface area contributed by atoms with Crippen molar-refractivity contribution in [2.45, 2.75) is 33.1 Å². The average molecular weight is 503 g/mol. The molecule has 5 aromatic rings. The van der Waals surface area contributed by atoms with E-state index in [9.17, 15) is 0 Å². The fraction of sp³-hybridized carbons (Fsp3) is 0.128. The standard InChI is InChI=1S/C39H34/c1-6-13-27(3)29-20-21-32(34-17-12-18-35-33-16-10-11-19-37(33)39(4,5)38(34)35)36(25-29)31-23-26(2)22-30(24-31)28-14-8-7-9-15-28/h6-25H,3H2,1-2,4-5H3/b13-6-. The zero-order valence-electron chi connectivity index (χ0n) is 23.3. The molecular formula is C39H34. The number of rotatable bonds is 5. The third-order valence-corrected chi connectivity index (χ3v) is 8.12. The number of aryl methyl sites for hydroxylation is 1. The molecule has 0 heterocycles. The first-order valence-corrected chi connectivity index (χ1v) is 13.8. The lowest BCUT2D eigenvalue weighted by Crippen LogP contribution is -2.16. The van der Waals surface area contributed by atoms with Gasteiger partial charge in [-0.1, -0.05) is 130 Å². The predicted molar refractivity (Wildman–Crippen MR) is 169 cm³/mol. The number of hydrogen-bond donors (Lipinski definition) is 0. The molecule has 0 saturated heterocycles. The molecule has 0 unspecified atom stereocenters. The maximum Gasteiger partial charge on any atom is 0.0165 e. The van der Waals surface area contributed by atoms with E-state index in [1.54, 1.807) is 0 Å². The monoisotopic (exact) mass is 502 g/mol. The van der Waals surface area contributed by atoms with Crippen molar-refractivity contribution in [2.75, 3.05) is 0 Å². The summed E-state index contributed by atoms with van der Waals surface area (Å²) in [6.45, 7) is 13.3. The smallest absolute Gasteiger partial charge is 0.0165 e. The molecule has 1 aliphatic rings. The Kier molecular flexibility index (Phi) is 6.20. The van der Waals surface area contributed by atoms with Crippen LogP contribution in [0.3, 0.4) is 0 Å². The van der Waals surface area contributed by atoms with Gasteiger partial charge in [-0.15, -0.1) is 0 Å². The van der Waals surface area contributed by atoms with E-state index in [1.165, 1.54) is 61.2 Å². The van der Waals surface area contributed by atoms with Crippen LogP contribution in [-0.4, -0.2) is 0 Å². The Morgan fingerprint density at radius 2 is 1.28 bits per heavy atom. The Labute approximate surface area is 233 Å². The van der Waals surface area contributed by atoms with Crippen LogP contribution in [0.4, 0.5) is 0 Å². The maximum atomic E-state index is 4.36. The molecule has 0 atom stereocenters. The first-order valence-electron chi connectivity index (χ1n) is 13.8. The van der Waals surface area contributed by atoms with Crippen molar-refractivity contribution in [3.05, 3.63) is 150 Å². The van der Waals surface area contributed by atoms with E-state index in [2.05, 4.69) is 149 Å². The highest BCUT2D eigenvalue weighted by Crippen LogP contribution is 2.53. The summed E-state index contributed by atoms with van der Waals surface area (Å²) in [7, 11) is 0. The second-order valence-electron chi connectivity index (χ2n) is 11.1. The summed E-state index contributed by atoms with van der Waals surface area (Å²) < 4.78 is 0. The van der Waals surface area contributed by atoms with Gasteiger partial charge in [-0.2, -0.15) is 0 Å². The van der Waals surface area contributed by atoms with Crippen LogP contribution in [0, 0.1) is 6.92 Å². The van der Waals surface area contributed by atoms with Crippen molar-refractivity contribution in [1.29, 1.82) is 0 Å². The second-order valence-corrected chi connectivity index (χ2v) is 11.1. The van der Waals surface area contributed by atoms with Crippen LogP contribution in [0.25, 0.3) is 50.1 Å². The summed E-state index contributed by atoms with van der Waals surface area (Å²) in [5.41, 5.74) is 16.3. The molecule has 0 aliphatic heterocycles. The predicted octanol–water partition coefficient (Wildman–Crippen LogP) is 10.9. The van der Waals surface area contributed by atoms with E-state index in [4.69, 9.17) is 0 Å². The van der Waals surface area contributed by atoms with Crippen LogP contribution in [0.5, 0.6) is 0 Å². The third kappa shape index (κ3) is 4.27.